The van der Waals surface area contributed by atoms with Crippen molar-refractivity contribution < 1.29 is 4.52 Å². The van der Waals surface area contributed by atoms with Crippen LogP contribution in [0, 0.1) is 6.92 Å². The van der Waals surface area contributed by atoms with E-state index in [1.165, 1.54) is 18.4 Å². The number of hydrogen-bond acceptors (Lipinski definition) is 4. The lowest BCUT2D eigenvalue weighted by molar-refractivity contribution is 0.421. The standard InChI is InChI=1S/C12H16N4O/c1-8-5-10(16(2)14-8)6-13-12-11(7-17-15-12)9-3-4-9/h5,7,9H,3-4,6H2,1-2H3,(H,13,15). The summed E-state index contributed by atoms with van der Waals surface area (Å²) in [5.74, 6) is 1.53. The molecule has 0 atom stereocenters. The summed E-state index contributed by atoms with van der Waals surface area (Å²) >= 11 is 0. The lowest BCUT2D eigenvalue weighted by atomic mass is 10.2. The van der Waals surface area contributed by atoms with Crippen LogP contribution in [0.15, 0.2) is 16.9 Å². The van der Waals surface area contributed by atoms with Crippen molar-refractivity contribution in [2.75, 3.05) is 5.32 Å². The molecule has 2 heterocycles. The van der Waals surface area contributed by atoms with Crippen LogP contribution in [0.3, 0.4) is 0 Å². The van der Waals surface area contributed by atoms with E-state index in [4.69, 9.17) is 4.52 Å². The Bertz CT molecular complexity index is 524. The SMILES string of the molecule is Cc1cc(CNc2nocc2C2CC2)n(C)n1. The van der Waals surface area contributed by atoms with Gasteiger partial charge in [-0.2, -0.15) is 5.10 Å². The molecule has 0 amide bonds. The summed E-state index contributed by atoms with van der Waals surface area (Å²) < 4.78 is 6.92. The number of rotatable bonds is 4. The Morgan fingerprint density at radius 3 is 3.00 bits per heavy atom. The van der Waals surface area contributed by atoms with Crippen LogP contribution >= 0.6 is 0 Å². The van der Waals surface area contributed by atoms with Crippen LogP contribution in [0.2, 0.25) is 0 Å². The molecule has 0 saturated heterocycles. The number of hydrogen-bond donors (Lipinski definition) is 1. The summed E-state index contributed by atoms with van der Waals surface area (Å²) in [4.78, 5) is 0. The molecule has 5 heteroatoms. The Hall–Kier alpha value is -1.78. The molecule has 0 aliphatic heterocycles. The van der Waals surface area contributed by atoms with Crippen molar-refractivity contribution in [2.45, 2.75) is 32.2 Å². The number of nitrogens with one attached hydrogen (secondary N) is 1. The van der Waals surface area contributed by atoms with Crippen molar-refractivity contribution in [1.82, 2.24) is 14.9 Å². The van der Waals surface area contributed by atoms with Crippen molar-refractivity contribution in [3.8, 4) is 0 Å². The van der Waals surface area contributed by atoms with Gasteiger partial charge in [0.1, 0.15) is 6.26 Å². The third-order valence-corrected chi connectivity index (χ3v) is 3.15. The molecule has 0 spiro atoms. The minimum absolute atomic E-state index is 0.650. The monoisotopic (exact) mass is 232 g/mol. The van der Waals surface area contributed by atoms with Gasteiger partial charge in [-0.3, -0.25) is 4.68 Å². The van der Waals surface area contributed by atoms with E-state index in [-0.39, 0.29) is 0 Å². The quantitative estimate of drug-likeness (QED) is 0.878. The third-order valence-electron chi connectivity index (χ3n) is 3.15. The van der Waals surface area contributed by atoms with Crippen molar-refractivity contribution in [3.05, 3.63) is 29.3 Å². The van der Waals surface area contributed by atoms with Gasteiger partial charge in [-0.15, -0.1) is 0 Å². The topological polar surface area (TPSA) is 55.9 Å². The van der Waals surface area contributed by atoms with Crippen molar-refractivity contribution >= 4 is 5.82 Å². The first-order valence-electron chi connectivity index (χ1n) is 5.91. The Morgan fingerprint density at radius 1 is 1.53 bits per heavy atom. The predicted octanol–water partition coefficient (Wildman–Crippen LogP) is 2.21. The van der Waals surface area contributed by atoms with Crippen LogP contribution in [-0.2, 0) is 13.6 Å². The average molecular weight is 232 g/mol. The maximum atomic E-state index is 5.04. The fourth-order valence-corrected chi connectivity index (χ4v) is 2.07. The summed E-state index contributed by atoms with van der Waals surface area (Å²) in [5.41, 5.74) is 3.39. The zero-order valence-electron chi connectivity index (χ0n) is 10.1. The van der Waals surface area contributed by atoms with Gasteiger partial charge in [0.2, 0.25) is 0 Å². The first kappa shape index (κ1) is 10.4. The smallest absolute Gasteiger partial charge is 0.173 e. The molecule has 3 rings (SSSR count). The Kier molecular flexibility index (Phi) is 2.39. The molecule has 1 aliphatic rings. The van der Waals surface area contributed by atoms with Gasteiger partial charge in [0, 0.05) is 12.6 Å². The molecule has 0 unspecified atom stereocenters. The van der Waals surface area contributed by atoms with Crippen LogP contribution < -0.4 is 5.32 Å². The number of aryl methyl sites for hydroxylation is 2. The van der Waals surface area contributed by atoms with Gasteiger partial charge in [0.25, 0.3) is 0 Å². The molecule has 90 valence electrons. The molecule has 5 nitrogen and oxygen atoms in total. The Labute approximate surface area is 99.8 Å². The molecular formula is C12H16N4O. The third kappa shape index (κ3) is 2.05. The highest BCUT2D eigenvalue weighted by molar-refractivity contribution is 5.45. The van der Waals surface area contributed by atoms with Gasteiger partial charge < -0.3 is 9.84 Å². The van der Waals surface area contributed by atoms with E-state index < -0.39 is 0 Å². The molecule has 2 aromatic heterocycles. The molecular weight excluding hydrogens is 216 g/mol. The van der Waals surface area contributed by atoms with Gasteiger partial charge in [-0.05, 0) is 31.7 Å². The highest BCUT2D eigenvalue weighted by Gasteiger charge is 2.28. The van der Waals surface area contributed by atoms with E-state index in [1.54, 1.807) is 6.26 Å². The maximum Gasteiger partial charge on any atom is 0.173 e. The summed E-state index contributed by atoms with van der Waals surface area (Å²) in [6.07, 6.45) is 4.26. The molecule has 0 aromatic carbocycles. The number of aromatic nitrogens is 3. The lowest BCUT2D eigenvalue weighted by Gasteiger charge is -2.04. The van der Waals surface area contributed by atoms with Crippen LogP contribution in [0.25, 0.3) is 0 Å². The van der Waals surface area contributed by atoms with Crippen molar-refractivity contribution in [2.24, 2.45) is 7.05 Å². The first-order valence-corrected chi connectivity index (χ1v) is 5.91. The van der Waals surface area contributed by atoms with E-state index in [2.05, 4.69) is 21.6 Å². The van der Waals surface area contributed by atoms with E-state index in [0.29, 0.717) is 5.92 Å². The van der Waals surface area contributed by atoms with E-state index in [0.717, 1.165) is 23.8 Å². The second-order valence-electron chi connectivity index (χ2n) is 4.65. The van der Waals surface area contributed by atoms with Crippen LogP contribution in [0.5, 0.6) is 0 Å². The van der Waals surface area contributed by atoms with Gasteiger partial charge in [0.15, 0.2) is 5.82 Å². The van der Waals surface area contributed by atoms with Crippen LogP contribution in [0.1, 0.15) is 35.7 Å². The second kappa shape index (κ2) is 3.91. The Balaban J connectivity index is 1.71. The van der Waals surface area contributed by atoms with Gasteiger partial charge in [-0.1, -0.05) is 5.16 Å². The summed E-state index contributed by atoms with van der Waals surface area (Å²) in [5, 5.41) is 11.6. The fraction of sp³-hybridized carbons (Fsp3) is 0.500. The van der Waals surface area contributed by atoms with E-state index in [1.807, 2.05) is 18.7 Å². The van der Waals surface area contributed by atoms with Crippen LogP contribution in [0.4, 0.5) is 5.82 Å². The van der Waals surface area contributed by atoms with Crippen LogP contribution in [-0.4, -0.2) is 14.9 Å². The number of anilines is 1. The highest BCUT2D eigenvalue weighted by atomic mass is 16.5. The molecule has 1 aliphatic carbocycles. The zero-order chi connectivity index (χ0) is 11.8. The highest BCUT2D eigenvalue weighted by Crippen LogP contribution is 2.43. The predicted molar refractivity (Wildman–Crippen MR) is 63.7 cm³/mol. The minimum Gasteiger partial charge on any atom is -0.362 e. The summed E-state index contributed by atoms with van der Waals surface area (Å²) in [7, 11) is 1.95. The molecule has 1 fully saturated rings. The van der Waals surface area contributed by atoms with Gasteiger partial charge >= 0.3 is 0 Å². The lowest BCUT2D eigenvalue weighted by Crippen LogP contribution is -2.06. The van der Waals surface area contributed by atoms with Crippen molar-refractivity contribution in [3.63, 3.8) is 0 Å². The summed E-state index contributed by atoms with van der Waals surface area (Å²) in [6.45, 7) is 2.72. The summed E-state index contributed by atoms with van der Waals surface area (Å²) in [6, 6.07) is 2.07. The minimum atomic E-state index is 0.650. The maximum absolute atomic E-state index is 5.04. The average Bonchev–Trinajstić information content (AvgIpc) is 2.94. The van der Waals surface area contributed by atoms with Crippen molar-refractivity contribution in [1.29, 1.82) is 0 Å². The zero-order valence-corrected chi connectivity index (χ0v) is 10.1. The van der Waals surface area contributed by atoms with Gasteiger partial charge in [-0.25, -0.2) is 0 Å². The van der Waals surface area contributed by atoms with Gasteiger partial charge in [0.05, 0.1) is 17.9 Å². The molecule has 0 radical (unpaired) electrons. The second-order valence-corrected chi connectivity index (χ2v) is 4.65. The molecule has 17 heavy (non-hydrogen) atoms. The first-order chi connectivity index (χ1) is 8.24. The Morgan fingerprint density at radius 2 is 2.35 bits per heavy atom. The number of nitrogens with zero attached hydrogens (tertiary/aromatic N) is 3. The van der Waals surface area contributed by atoms with E-state index >= 15 is 0 Å². The normalized spacial score (nSPS) is 15.2. The molecule has 0 bridgehead atoms. The van der Waals surface area contributed by atoms with E-state index in [9.17, 15) is 0 Å². The largest absolute Gasteiger partial charge is 0.362 e. The fourth-order valence-electron chi connectivity index (χ4n) is 2.07. The molecule has 1 saturated carbocycles. The molecule has 1 N–H and O–H groups in total. The molecule has 2 aromatic rings.